The number of hydrogen-bond donors (Lipinski definition) is 2. The molecule has 0 amide bonds. The number of nitrogens with two attached hydrogens (primary N) is 1. The molecule has 162 valence electrons. The number of sulfonamides is 1. The molecule has 1 atom stereocenters. The van der Waals surface area contributed by atoms with Crippen LogP contribution in [0.25, 0.3) is 22.3 Å². The molecule has 3 aromatic rings. The van der Waals surface area contributed by atoms with Gasteiger partial charge in [-0.15, -0.1) is 0 Å². The summed E-state index contributed by atoms with van der Waals surface area (Å²) < 4.78 is 43.2. The summed E-state index contributed by atoms with van der Waals surface area (Å²) in [6.07, 6.45) is 4.63. The third-order valence-electron chi connectivity index (χ3n) is 5.59. The maximum absolute atomic E-state index is 14.9. The average Bonchev–Trinajstić information content (AvgIpc) is 2.80. The van der Waals surface area contributed by atoms with Crippen molar-refractivity contribution in [2.45, 2.75) is 23.8 Å². The first-order valence-corrected chi connectivity index (χ1v) is 11.5. The van der Waals surface area contributed by atoms with E-state index < -0.39 is 15.8 Å². The number of nitrogens with one attached hydrogen (secondary N) is 1. The third kappa shape index (κ3) is 4.30. The molecule has 1 aliphatic rings. The summed E-state index contributed by atoms with van der Waals surface area (Å²) in [4.78, 5) is 7.95. The van der Waals surface area contributed by atoms with Crippen LogP contribution in [0.5, 0.6) is 0 Å². The average molecular weight is 442 g/mol. The minimum Gasteiger partial charge on any atom is -0.368 e. The highest BCUT2D eigenvalue weighted by molar-refractivity contribution is 7.89. The molecule has 7 nitrogen and oxygen atoms in total. The van der Waals surface area contributed by atoms with Crippen LogP contribution in [-0.4, -0.2) is 48.9 Å². The van der Waals surface area contributed by atoms with Gasteiger partial charge >= 0.3 is 0 Å². The lowest BCUT2D eigenvalue weighted by Crippen LogP contribution is -2.46. The smallest absolute Gasteiger partial charge is 0.243 e. The van der Waals surface area contributed by atoms with Crippen molar-refractivity contribution in [3.63, 3.8) is 0 Å². The Balaban J connectivity index is 1.71. The predicted molar refractivity (Wildman–Crippen MR) is 118 cm³/mol. The fourth-order valence-corrected chi connectivity index (χ4v) is 5.42. The molecule has 4 rings (SSSR count). The normalized spacial score (nSPS) is 17.1. The number of rotatable bonds is 5. The van der Waals surface area contributed by atoms with E-state index in [1.165, 1.54) is 22.8 Å². The highest BCUT2D eigenvalue weighted by atomic mass is 32.2. The Bertz CT molecular complexity index is 1180. The fraction of sp³-hybridized carbons (Fsp3) is 0.273. The molecule has 1 aromatic heterocycles. The number of halogens is 1. The van der Waals surface area contributed by atoms with E-state index in [4.69, 9.17) is 5.73 Å². The molecule has 2 aromatic carbocycles. The van der Waals surface area contributed by atoms with Gasteiger partial charge in [0.05, 0.1) is 4.90 Å². The van der Waals surface area contributed by atoms with E-state index in [-0.39, 0.29) is 16.9 Å². The number of benzene rings is 2. The molecular formula is C22H24FN5O2S. The van der Waals surface area contributed by atoms with Gasteiger partial charge in [-0.25, -0.2) is 22.8 Å². The van der Waals surface area contributed by atoms with Crippen LogP contribution in [0.1, 0.15) is 12.8 Å². The van der Waals surface area contributed by atoms with Crippen LogP contribution < -0.4 is 11.1 Å². The van der Waals surface area contributed by atoms with E-state index in [2.05, 4.69) is 15.3 Å². The van der Waals surface area contributed by atoms with Crippen molar-refractivity contribution < 1.29 is 12.8 Å². The first-order valence-electron chi connectivity index (χ1n) is 10.0. The zero-order chi connectivity index (χ0) is 22.0. The first-order chi connectivity index (χ1) is 14.9. The molecule has 1 fully saturated rings. The molecule has 0 bridgehead atoms. The van der Waals surface area contributed by atoms with Gasteiger partial charge in [0.15, 0.2) is 0 Å². The van der Waals surface area contributed by atoms with E-state index in [1.807, 2.05) is 0 Å². The Hall–Kier alpha value is -2.88. The molecule has 0 saturated carbocycles. The summed E-state index contributed by atoms with van der Waals surface area (Å²) in [7, 11) is -2.15. The summed E-state index contributed by atoms with van der Waals surface area (Å²) in [5.74, 6) is -0.389. The fourth-order valence-electron chi connectivity index (χ4n) is 3.82. The summed E-state index contributed by atoms with van der Waals surface area (Å²) in [5.41, 5.74) is 7.24. The summed E-state index contributed by atoms with van der Waals surface area (Å²) in [6.45, 7) is 1.51. The van der Waals surface area contributed by atoms with Gasteiger partial charge in [0, 0.05) is 48.7 Å². The Kier molecular flexibility index (Phi) is 5.99. The maximum Gasteiger partial charge on any atom is 0.243 e. The maximum atomic E-state index is 14.9. The van der Waals surface area contributed by atoms with Crippen molar-refractivity contribution in [1.29, 1.82) is 0 Å². The van der Waals surface area contributed by atoms with Crippen LogP contribution in [0, 0.1) is 5.82 Å². The topological polar surface area (TPSA) is 101 Å². The standard InChI is InChI=1S/C22H24FN5O2S/c1-28(17-5-4-10-25-14-17)31(29,30)21-7-3-2-6-19(21)15-8-9-18(20(23)11-15)16-12-26-22(24)27-13-16/h2-3,6-9,11-13,17,25H,4-5,10,14H2,1H3,(H2,24,26,27)/t17-/m1/s1. The second-order valence-electron chi connectivity index (χ2n) is 7.54. The predicted octanol–water partition coefficient (Wildman–Crippen LogP) is 2.90. The monoisotopic (exact) mass is 441 g/mol. The summed E-state index contributed by atoms with van der Waals surface area (Å²) in [5, 5.41) is 3.24. The Morgan fingerprint density at radius 2 is 1.84 bits per heavy atom. The van der Waals surface area contributed by atoms with Crippen molar-refractivity contribution in [2.75, 3.05) is 25.9 Å². The van der Waals surface area contributed by atoms with Gasteiger partial charge in [-0.1, -0.05) is 30.3 Å². The number of likely N-dealkylation sites (N-methyl/N-ethyl adjacent to an activating group) is 1. The van der Waals surface area contributed by atoms with Gasteiger partial charge in [0.1, 0.15) is 5.82 Å². The lowest BCUT2D eigenvalue weighted by atomic mass is 10.0. The van der Waals surface area contributed by atoms with Gasteiger partial charge in [-0.3, -0.25) is 0 Å². The Morgan fingerprint density at radius 1 is 1.10 bits per heavy atom. The number of piperidine rings is 1. The van der Waals surface area contributed by atoms with E-state index in [0.29, 0.717) is 28.8 Å². The lowest BCUT2D eigenvalue weighted by Gasteiger charge is -2.31. The van der Waals surface area contributed by atoms with E-state index >= 15 is 0 Å². The van der Waals surface area contributed by atoms with Crippen molar-refractivity contribution in [3.05, 3.63) is 60.7 Å². The SMILES string of the molecule is CN([C@@H]1CCCNC1)S(=O)(=O)c1ccccc1-c1ccc(-c2cnc(N)nc2)c(F)c1. The second-order valence-corrected chi connectivity index (χ2v) is 9.51. The number of nitrogens with zero attached hydrogens (tertiary/aromatic N) is 3. The number of anilines is 1. The molecule has 0 unspecified atom stereocenters. The Labute approximate surface area is 181 Å². The summed E-state index contributed by atoms with van der Waals surface area (Å²) >= 11 is 0. The van der Waals surface area contributed by atoms with E-state index in [9.17, 15) is 12.8 Å². The molecule has 31 heavy (non-hydrogen) atoms. The minimum atomic E-state index is -3.76. The van der Waals surface area contributed by atoms with Gasteiger partial charge in [0.2, 0.25) is 16.0 Å². The van der Waals surface area contributed by atoms with Crippen molar-refractivity contribution in [3.8, 4) is 22.3 Å². The number of aromatic nitrogens is 2. The molecule has 1 aliphatic heterocycles. The lowest BCUT2D eigenvalue weighted by molar-refractivity contribution is 0.300. The van der Waals surface area contributed by atoms with Crippen LogP contribution in [0.4, 0.5) is 10.3 Å². The van der Waals surface area contributed by atoms with Crippen molar-refractivity contribution >= 4 is 16.0 Å². The van der Waals surface area contributed by atoms with E-state index in [0.717, 1.165) is 19.4 Å². The van der Waals surface area contributed by atoms with Crippen LogP contribution in [0.2, 0.25) is 0 Å². The van der Waals surface area contributed by atoms with Crippen LogP contribution in [0.15, 0.2) is 59.8 Å². The van der Waals surface area contributed by atoms with Gasteiger partial charge in [-0.2, -0.15) is 4.31 Å². The van der Waals surface area contributed by atoms with Crippen LogP contribution in [-0.2, 0) is 10.0 Å². The van der Waals surface area contributed by atoms with Crippen molar-refractivity contribution in [1.82, 2.24) is 19.6 Å². The largest absolute Gasteiger partial charge is 0.368 e. The second kappa shape index (κ2) is 8.70. The molecule has 3 N–H and O–H groups in total. The summed E-state index contributed by atoms with van der Waals surface area (Å²) in [6, 6.07) is 11.2. The highest BCUT2D eigenvalue weighted by Crippen LogP contribution is 2.33. The zero-order valence-corrected chi connectivity index (χ0v) is 17.9. The van der Waals surface area contributed by atoms with Gasteiger partial charge in [0.25, 0.3) is 0 Å². The zero-order valence-electron chi connectivity index (χ0n) is 17.1. The Morgan fingerprint density at radius 3 is 2.52 bits per heavy atom. The quantitative estimate of drug-likeness (QED) is 0.631. The molecule has 2 heterocycles. The van der Waals surface area contributed by atoms with Gasteiger partial charge in [-0.05, 0) is 37.1 Å². The molecule has 0 spiro atoms. The van der Waals surface area contributed by atoms with Crippen molar-refractivity contribution in [2.24, 2.45) is 0 Å². The minimum absolute atomic E-state index is 0.109. The third-order valence-corrected chi connectivity index (χ3v) is 7.56. The molecule has 0 radical (unpaired) electrons. The van der Waals surface area contributed by atoms with Crippen LogP contribution >= 0.6 is 0 Å². The molecular weight excluding hydrogens is 417 g/mol. The number of hydrogen-bond acceptors (Lipinski definition) is 6. The molecule has 1 saturated heterocycles. The van der Waals surface area contributed by atoms with Gasteiger partial charge < -0.3 is 11.1 Å². The van der Waals surface area contributed by atoms with Crippen LogP contribution in [0.3, 0.4) is 0 Å². The molecule has 9 heteroatoms. The van der Waals surface area contributed by atoms with E-state index in [1.54, 1.807) is 43.4 Å². The molecule has 0 aliphatic carbocycles. The first kappa shape index (κ1) is 21.4. The number of nitrogen functional groups attached to an aromatic ring is 1. The highest BCUT2D eigenvalue weighted by Gasteiger charge is 2.31.